The van der Waals surface area contributed by atoms with Crippen molar-refractivity contribution in [2.45, 2.75) is 91.6 Å². The molecular weight excluding hydrogens is 606 g/mol. The number of ether oxygens (including phenoxy) is 1. The first-order valence-electron chi connectivity index (χ1n) is 15.8. The maximum Gasteiger partial charge on any atom is 0.329 e. The molecule has 0 bridgehead atoms. The molecule has 2 heterocycles. The van der Waals surface area contributed by atoms with Gasteiger partial charge in [-0.25, -0.2) is 9.59 Å². The minimum absolute atomic E-state index is 0.0939. The van der Waals surface area contributed by atoms with Crippen LogP contribution >= 0.6 is 0 Å². The molecule has 0 spiro atoms. The Morgan fingerprint density at radius 2 is 1.85 bits per heavy atom. The van der Waals surface area contributed by atoms with E-state index in [1.807, 2.05) is 6.92 Å². The Morgan fingerprint density at radius 1 is 1.15 bits per heavy atom. The second kappa shape index (κ2) is 17.9. The summed E-state index contributed by atoms with van der Waals surface area (Å²) in [6.45, 7) is 17.8. The van der Waals surface area contributed by atoms with E-state index in [1.54, 1.807) is 52.8 Å². The lowest BCUT2D eigenvalue weighted by molar-refractivity contribution is -0.149. The molecule has 1 aromatic rings. The number of likely N-dealkylation sites (tertiary alicyclic amines) is 1. The van der Waals surface area contributed by atoms with Crippen LogP contribution in [0.3, 0.4) is 0 Å². The summed E-state index contributed by atoms with van der Waals surface area (Å²) in [7, 11) is 0. The van der Waals surface area contributed by atoms with Crippen LogP contribution < -0.4 is 21.3 Å². The summed E-state index contributed by atoms with van der Waals surface area (Å²) in [5.74, 6) is -3.61. The van der Waals surface area contributed by atoms with E-state index in [4.69, 9.17) is 9.15 Å². The molecular formula is C34H49N5O8. The first-order chi connectivity index (χ1) is 22.1. The first kappa shape index (κ1) is 38.5. The number of carbonyl (C=O) groups is 6. The van der Waals surface area contributed by atoms with Gasteiger partial charge in [0.15, 0.2) is 0 Å². The Bertz CT molecular complexity index is 1330. The molecule has 5 amide bonds. The van der Waals surface area contributed by atoms with Gasteiger partial charge in [-0.3, -0.25) is 19.2 Å². The molecule has 4 N–H and O–H groups in total. The standard InChI is InChI=1S/C34H49N5O8/c1-9-13-22-18-25(29(41)36-24(14-10-2)27(40)30(42)35-16-11-3)39(19-22)31(43)28(34(6,7)8)38-33(45)37-26(21(4)5)32(44)47-20-23-15-12-17-46-23/h11-13,15,17,21-22,24-26,28H,1,3,10,14,16,18-20H2,2,4-8H3,(H,35,42)(H,36,41)(H2,37,38,45)/t22-,24?,25+,26+,28-/m1/s1. The highest BCUT2D eigenvalue weighted by Gasteiger charge is 2.45. The summed E-state index contributed by atoms with van der Waals surface area (Å²) < 4.78 is 10.5. The van der Waals surface area contributed by atoms with Crippen molar-refractivity contribution in [1.82, 2.24) is 26.2 Å². The fourth-order valence-corrected chi connectivity index (χ4v) is 5.14. The average Bonchev–Trinajstić information content (AvgIpc) is 3.69. The fraction of sp³-hybridized carbons (Fsp3) is 0.559. The van der Waals surface area contributed by atoms with Gasteiger partial charge in [-0.05, 0) is 42.4 Å². The fourth-order valence-electron chi connectivity index (χ4n) is 5.14. The largest absolute Gasteiger partial charge is 0.466 e. The molecule has 0 saturated carbocycles. The van der Waals surface area contributed by atoms with Gasteiger partial charge in [0.05, 0.1) is 12.3 Å². The number of amides is 5. The lowest BCUT2D eigenvalue weighted by atomic mass is 9.85. The zero-order valence-corrected chi connectivity index (χ0v) is 28.2. The van der Waals surface area contributed by atoms with Crippen molar-refractivity contribution in [2.24, 2.45) is 17.3 Å². The van der Waals surface area contributed by atoms with E-state index in [2.05, 4.69) is 40.2 Å². The summed E-state index contributed by atoms with van der Waals surface area (Å²) in [6, 6.07) is -1.69. The van der Waals surface area contributed by atoms with Crippen LogP contribution in [0.15, 0.2) is 53.9 Å². The number of ketones is 1. The van der Waals surface area contributed by atoms with Crippen molar-refractivity contribution in [3.63, 3.8) is 0 Å². The third kappa shape index (κ3) is 11.3. The van der Waals surface area contributed by atoms with Crippen LogP contribution in [0.4, 0.5) is 4.79 Å². The number of hydrogen-bond acceptors (Lipinski definition) is 8. The van der Waals surface area contributed by atoms with E-state index >= 15 is 0 Å². The molecule has 0 aliphatic carbocycles. The van der Waals surface area contributed by atoms with Crippen molar-refractivity contribution >= 4 is 35.5 Å². The number of rotatable bonds is 16. The van der Waals surface area contributed by atoms with E-state index in [1.165, 1.54) is 17.2 Å². The third-order valence-corrected chi connectivity index (χ3v) is 7.65. The van der Waals surface area contributed by atoms with Crippen molar-refractivity contribution in [2.75, 3.05) is 13.1 Å². The van der Waals surface area contributed by atoms with Crippen LogP contribution in [0, 0.1) is 17.3 Å². The number of hydrogen-bond donors (Lipinski definition) is 4. The SMILES string of the molecule is C=C=C[C@@H]1C[C@@H](C(=O)NC(CCC)C(=O)C(=O)NCC=C)N(C(=O)[C@@H](NC(=O)N[C@H](C(=O)OCc2ccco2)C(C)C)C(C)(C)C)C1. The van der Waals surface area contributed by atoms with Crippen LogP contribution in [-0.4, -0.2) is 77.7 Å². The highest BCUT2D eigenvalue weighted by Crippen LogP contribution is 2.29. The molecule has 47 heavy (non-hydrogen) atoms. The normalized spacial score (nSPS) is 17.8. The predicted octanol–water partition coefficient (Wildman–Crippen LogP) is 2.78. The van der Waals surface area contributed by atoms with E-state index in [0.29, 0.717) is 12.2 Å². The van der Waals surface area contributed by atoms with Crippen LogP contribution in [0.1, 0.15) is 66.6 Å². The number of esters is 1. The van der Waals surface area contributed by atoms with Crippen molar-refractivity contribution in [3.05, 3.63) is 55.2 Å². The Kier molecular flexibility index (Phi) is 14.7. The minimum Gasteiger partial charge on any atom is -0.466 e. The van der Waals surface area contributed by atoms with Crippen LogP contribution in [0.2, 0.25) is 0 Å². The Morgan fingerprint density at radius 3 is 2.40 bits per heavy atom. The smallest absolute Gasteiger partial charge is 0.329 e. The zero-order chi connectivity index (χ0) is 35.3. The van der Waals surface area contributed by atoms with E-state index in [-0.39, 0.29) is 44.4 Å². The maximum absolute atomic E-state index is 14.2. The van der Waals surface area contributed by atoms with Crippen LogP contribution in [0.5, 0.6) is 0 Å². The van der Waals surface area contributed by atoms with E-state index in [0.717, 1.165) is 0 Å². The highest BCUT2D eigenvalue weighted by molar-refractivity contribution is 6.38. The molecule has 1 aromatic heterocycles. The predicted molar refractivity (Wildman–Crippen MR) is 174 cm³/mol. The molecule has 0 aromatic carbocycles. The average molecular weight is 656 g/mol. The second-order valence-corrected chi connectivity index (χ2v) is 12.9. The molecule has 13 nitrogen and oxygen atoms in total. The highest BCUT2D eigenvalue weighted by atomic mass is 16.5. The molecule has 1 fully saturated rings. The first-order valence-corrected chi connectivity index (χ1v) is 15.8. The number of urea groups is 1. The van der Waals surface area contributed by atoms with Crippen LogP contribution in [0.25, 0.3) is 0 Å². The monoisotopic (exact) mass is 655 g/mol. The van der Waals surface area contributed by atoms with Gasteiger partial charge in [-0.2, -0.15) is 0 Å². The second-order valence-electron chi connectivity index (χ2n) is 12.9. The molecule has 1 saturated heterocycles. The van der Waals surface area contributed by atoms with Gasteiger partial charge in [0.25, 0.3) is 5.91 Å². The molecule has 13 heteroatoms. The third-order valence-electron chi connectivity index (χ3n) is 7.65. The van der Waals surface area contributed by atoms with Gasteiger partial charge in [0, 0.05) is 19.0 Å². The van der Waals surface area contributed by atoms with Crippen molar-refractivity contribution in [1.29, 1.82) is 0 Å². The Hall–Kier alpha value is -4.64. The lowest BCUT2D eigenvalue weighted by Gasteiger charge is -2.36. The molecule has 258 valence electrons. The van der Waals surface area contributed by atoms with Crippen molar-refractivity contribution in [3.8, 4) is 0 Å². The van der Waals surface area contributed by atoms with Gasteiger partial charge in [-0.15, -0.1) is 12.3 Å². The summed E-state index contributed by atoms with van der Waals surface area (Å²) in [5.41, 5.74) is 1.89. The van der Waals surface area contributed by atoms with E-state index in [9.17, 15) is 28.8 Å². The number of Topliss-reactive ketones (excluding diaryl/α,β-unsaturated/α-hetero) is 1. The van der Waals surface area contributed by atoms with Gasteiger partial charge in [-0.1, -0.05) is 60.6 Å². The van der Waals surface area contributed by atoms with Gasteiger partial charge in [0.1, 0.15) is 30.5 Å². The molecule has 1 unspecified atom stereocenters. The van der Waals surface area contributed by atoms with Crippen molar-refractivity contribution < 1.29 is 37.9 Å². The van der Waals surface area contributed by atoms with Gasteiger partial charge >= 0.3 is 12.0 Å². The molecule has 1 aliphatic rings. The number of furan rings is 1. The minimum atomic E-state index is -1.12. The quantitative estimate of drug-likeness (QED) is 0.0910. The number of nitrogens with one attached hydrogen (secondary N) is 4. The lowest BCUT2D eigenvalue weighted by Crippen LogP contribution is -2.61. The Labute approximate surface area is 276 Å². The summed E-state index contributed by atoms with van der Waals surface area (Å²) in [6.07, 6.45) is 5.51. The maximum atomic E-state index is 14.2. The summed E-state index contributed by atoms with van der Waals surface area (Å²) in [5, 5.41) is 10.4. The topological polar surface area (TPSA) is 176 Å². The zero-order valence-electron chi connectivity index (χ0n) is 28.2. The van der Waals surface area contributed by atoms with Crippen LogP contribution in [-0.2, 0) is 35.3 Å². The van der Waals surface area contributed by atoms with Gasteiger partial charge in [0.2, 0.25) is 17.6 Å². The molecule has 2 rings (SSSR count). The molecule has 0 radical (unpaired) electrons. The Balaban J connectivity index is 2.26. The van der Waals surface area contributed by atoms with Gasteiger partial charge < -0.3 is 35.3 Å². The molecule has 1 aliphatic heterocycles. The van der Waals surface area contributed by atoms with E-state index < -0.39 is 65.1 Å². The summed E-state index contributed by atoms with van der Waals surface area (Å²) in [4.78, 5) is 80.5. The molecule has 5 atom stereocenters. The summed E-state index contributed by atoms with van der Waals surface area (Å²) >= 11 is 0. The number of nitrogens with zero attached hydrogens (tertiary/aromatic N) is 1. The number of carbonyl (C=O) groups excluding carboxylic acids is 6.